The van der Waals surface area contributed by atoms with Crippen molar-refractivity contribution in [1.29, 1.82) is 0 Å². The van der Waals surface area contributed by atoms with Gasteiger partial charge in [-0.25, -0.2) is 0 Å². The molecule has 3 atom stereocenters. The molecule has 0 fully saturated rings. The van der Waals surface area contributed by atoms with Crippen molar-refractivity contribution in [1.82, 2.24) is 0 Å². The lowest BCUT2D eigenvalue weighted by Crippen LogP contribution is -2.23. The maximum atomic E-state index is 10.3. The number of hydrogen-bond donors (Lipinski definition) is 4. The average molecular weight is 354 g/mol. The minimum atomic E-state index is -1.01. The van der Waals surface area contributed by atoms with E-state index in [2.05, 4.69) is 6.92 Å². The van der Waals surface area contributed by atoms with Crippen LogP contribution < -0.4 is 0 Å². The maximum Gasteiger partial charge on any atom is 0.303 e. The molecule has 4 N–H and O–H groups in total. The van der Waals surface area contributed by atoms with Gasteiger partial charge in [0.05, 0.1) is 18.3 Å². The zero-order valence-electron chi connectivity index (χ0n) is 15.3. The van der Waals surface area contributed by atoms with Gasteiger partial charge < -0.3 is 20.4 Å². The van der Waals surface area contributed by atoms with Crippen LogP contribution in [-0.4, -0.2) is 44.7 Å². The number of rotatable bonds is 15. The van der Waals surface area contributed by atoms with Gasteiger partial charge in [0.2, 0.25) is 0 Å². The molecule has 144 valence electrons. The quantitative estimate of drug-likeness (QED) is 0.267. The third-order valence-electron chi connectivity index (χ3n) is 3.75. The fraction of sp³-hybridized carbons (Fsp3) is 0.650. The first-order valence-electron chi connectivity index (χ1n) is 9.21. The number of unbranched alkanes of at least 4 members (excludes halogenated alkanes) is 4. The Hall–Kier alpha value is -1.43. The molecule has 0 radical (unpaired) electrons. The van der Waals surface area contributed by atoms with E-state index in [9.17, 15) is 20.1 Å². The molecule has 25 heavy (non-hydrogen) atoms. The Morgan fingerprint density at radius 3 is 2.16 bits per heavy atom. The number of aliphatic hydroxyl groups is 3. The summed E-state index contributed by atoms with van der Waals surface area (Å²) in [7, 11) is 0. The van der Waals surface area contributed by atoms with E-state index >= 15 is 0 Å². The summed E-state index contributed by atoms with van der Waals surface area (Å²) in [5.74, 6) is -0.806. The van der Waals surface area contributed by atoms with Gasteiger partial charge in [-0.2, -0.15) is 0 Å². The number of carbonyl (C=O) groups is 1. The minimum absolute atomic E-state index is 0.143. The summed E-state index contributed by atoms with van der Waals surface area (Å²) >= 11 is 0. The summed E-state index contributed by atoms with van der Waals surface area (Å²) in [6, 6.07) is 0. The summed E-state index contributed by atoms with van der Waals surface area (Å²) in [4.78, 5) is 10.3. The van der Waals surface area contributed by atoms with Gasteiger partial charge in [0.25, 0.3) is 0 Å². The Kier molecular flexibility index (Phi) is 15.1. The van der Waals surface area contributed by atoms with E-state index in [0.717, 1.165) is 12.8 Å². The van der Waals surface area contributed by atoms with Gasteiger partial charge in [0.1, 0.15) is 0 Å². The molecule has 0 rings (SSSR count). The highest BCUT2D eigenvalue weighted by Gasteiger charge is 2.11. The molecule has 0 aliphatic carbocycles. The molecule has 0 unspecified atom stereocenters. The Morgan fingerprint density at radius 1 is 0.880 bits per heavy atom. The molecule has 0 aromatic carbocycles. The number of aliphatic carboxylic acids is 1. The Labute approximate surface area is 151 Å². The average Bonchev–Trinajstić information content (AvgIpc) is 2.58. The second-order valence-electron chi connectivity index (χ2n) is 6.21. The molecule has 0 aromatic rings. The first kappa shape index (κ1) is 23.6. The largest absolute Gasteiger partial charge is 0.481 e. The third kappa shape index (κ3) is 15.8. The zero-order valence-corrected chi connectivity index (χ0v) is 15.3. The van der Waals surface area contributed by atoms with E-state index in [-0.39, 0.29) is 6.42 Å². The maximum absolute atomic E-state index is 10.3. The third-order valence-corrected chi connectivity index (χ3v) is 3.75. The van der Waals surface area contributed by atoms with E-state index < -0.39 is 24.3 Å². The van der Waals surface area contributed by atoms with Gasteiger partial charge in [0, 0.05) is 6.42 Å². The molecular weight excluding hydrogens is 320 g/mol. The van der Waals surface area contributed by atoms with Gasteiger partial charge in [-0.15, -0.1) is 0 Å². The first-order valence-corrected chi connectivity index (χ1v) is 9.21. The summed E-state index contributed by atoms with van der Waals surface area (Å²) in [6.07, 6.45) is 14.5. The van der Waals surface area contributed by atoms with Crippen LogP contribution in [0.4, 0.5) is 0 Å². The van der Waals surface area contributed by atoms with Crippen LogP contribution in [0.15, 0.2) is 36.5 Å². The van der Waals surface area contributed by atoms with Crippen LogP contribution in [0.3, 0.4) is 0 Å². The number of hydrogen-bond acceptors (Lipinski definition) is 4. The second kappa shape index (κ2) is 16.1. The molecule has 0 bridgehead atoms. The highest BCUT2D eigenvalue weighted by molar-refractivity contribution is 5.66. The van der Waals surface area contributed by atoms with Crippen molar-refractivity contribution < 1.29 is 25.2 Å². The summed E-state index contributed by atoms with van der Waals surface area (Å²) in [5.41, 5.74) is 0. The summed E-state index contributed by atoms with van der Waals surface area (Å²) in [6.45, 7) is 2.15. The number of carboxylic acid groups (broad SMARTS) is 1. The van der Waals surface area contributed by atoms with Gasteiger partial charge in [-0.1, -0.05) is 56.2 Å². The van der Waals surface area contributed by atoms with Crippen molar-refractivity contribution in [2.45, 2.75) is 83.0 Å². The molecule has 0 aliphatic heterocycles. The molecule has 5 heteroatoms. The Morgan fingerprint density at radius 2 is 1.52 bits per heavy atom. The minimum Gasteiger partial charge on any atom is -0.481 e. The van der Waals surface area contributed by atoms with Crippen LogP contribution in [-0.2, 0) is 4.79 Å². The SMILES string of the molecule is CCCCC/C=C\C[C@@H](O)[C@@H](O)/C=C/[C@H](O)C/C=C\CCCC(=O)O. The molecule has 0 aliphatic rings. The predicted molar refractivity (Wildman–Crippen MR) is 100 cm³/mol. The van der Waals surface area contributed by atoms with Crippen LogP contribution in [0, 0.1) is 0 Å². The van der Waals surface area contributed by atoms with Crippen LogP contribution >= 0.6 is 0 Å². The lowest BCUT2D eigenvalue weighted by Gasteiger charge is -2.13. The molecule has 0 amide bonds. The van der Waals surface area contributed by atoms with E-state index in [1.54, 1.807) is 6.08 Å². The molecule has 0 aromatic heterocycles. The molecule has 0 saturated carbocycles. The number of carboxylic acids is 1. The van der Waals surface area contributed by atoms with E-state index in [1.807, 2.05) is 18.2 Å². The van der Waals surface area contributed by atoms with Crippen molar-refractivity contribution in [2.75, 3.05) is 0 Å². The standard InChI is InChI=1S/C20H34O5/c1-2-3-4-5-6-10-13-18(22)19(23)16-15-17(21)12-9-7-8-11-14-20(24)25/h6-7,9-10,15-19,21-23H,2-5,8,11-14H2,1H3,(H,24,25)/b9-7-,10-6-,16-15+/t17-,18-,19+/m1/s1. The normalized spacial score (nSPS) is 16.0. The van der Waals surface area contributed by atoms with Crippen LogP contribution in [0.1, 0.15) is 64.7 Å². The van der Waals surface area contributed by atoms with Crippen LogP contribution in [0.2, 0.25) is 0 Å². The number of aliphatic hydroxyl groups excluding tert-OH is 3. The molecule has 0 saturated heterocycles. The second-order valence-corrected chi connectivity index (χ2v) is 6.21. The highest BCUT2D eigenvalue weighted by Crippen LogP contribution is 2.06. The van der Waals surface area contributed by atoms with Crippen molar-refractivity contribution in [3.63, 3.8) is 0 Å². The fourth-order valence-electron chi connectivity index (χ4n) is 2.18. The van der Waals surface area contributed by atoms with E-state index in [1.165, 1.54) is 25.0 Å². The molecule has 5 nitrogen and oxygen atoms in total. The van der Waals surface area contributed by atoms with E-state index in [0.29, 0.717) is 25.7 Å². The lowest BCUT2D eigenvalue weighted by molar-refractivity contribution is -0.137. The highest BCUT2D eigenvalue weighted by atomic mass is 16.4. The van der Waals surface area contributed by atoms with Crippen molar-refractivity contribution in [2.24, 2.45) is 0 Å². The van der Waals surface area contributed by atoms with Crippen LogP contribution in [0.5, 0.6) is 0 Å². The topological polar surface area (TPSA) is 98.0 Å². The van der Waals surface area contributed by atoms with Crippen molar-refractivity contribution in [3.8, 4) is 0 Å². The first-order chi connectivity index (χ1) is 12.0. The fourth-order valence-corrected chi connectivity index (χ4v) is 2.18. The zero-order chi connectivity index (χ0) is 18.9. The lowest BCUT2D eigenvalue weighted by atomic mass is 10.1. The Bertz CT molecular complexity index is 414. The predicted octanol–water partition coefficient (Wildman–Crippen LogP) is 3.35. The molecule has 0 spiro atoms. The van der Waals surface area contributed by atoms with Gasteiger partial charge in [-0.05, 0) is 38.5 Å². The van der Waals surface area contributed by atoms with Crippen LogP contribution in [0.25, 0.3) is 0 Å². The summed E-state index contributed by atoms with van der Waals surface area (Å²) < 4.78 is 0. The smallest absolute Gasteiger partial charge is 0.303 e. The van der Waals surface area contributed by atoms with Gasteiger partial charge in [0.15, 0.2) is 0 Å². The van der Waals surface area contributed by atoms with Crippen molar-refractivity contribution in [3.05, 3.63) is 36.5 Å². The Balaban J connectivity index is 3.91. The van der Waals surface area contributed by atoms with Crippen molar-refractivity contribution >= 4 is 5.97 Å². The van der Waals surface area contributed by atoms with Gasteiger partial charge in [-0.3, -0.25) is 4.79 Å². The van der Waals surface area contributed by atoms with E-state index in [4.69, 9.17) is 5.11 Å². The monoisotopic (exact) mass is 354 g/mol. The van der Waals surface area contributed by atoms with Gasteiger partial charge >= 0.3 is 5.97 Å². The molecular formula is C20H34O5. The summed E-state index contributed by atoms with van der Waals surface area (Å²) in [5, 5.41) is 38.0. The molecule has 0 heterocycles. The number of allylic oxidation sites excluding steroid dienone is 2.